The van der Waals surface area contributed by atoms with Gasteiger partial charge in [0.05, 0.1) is 38.4 Å². The van der Waals surface area contributed by atoms with Crippen molar-refractivity contribution in [1.82, 2.24) is 0 Å². The van der Waals surface area contributed by atoms with Crippen molar-refractivity contribution in [3.8, 4) is 22.6 Å². The molecule has 8 aromatic rings. The number of phenolic OH excluding ortho intramolecular Hbond substituents is 2. The third-order valence-electron chi connectivity index (χ3n) is 10.1. The van der Waals surface area contributed by atoms with E-state index in [0.29, 0.717) is 65.6 Å². The largest absolute Gasteiger partial charge is 0.505 e. The minimum atomic E-state index is -0.541. The molecule has 0 aromatic heterocycles. The summed E-state index contributed by atoms with van der Waals surface area (Å²) in [5.74, 6) is -1.11. The lowest BCUT2D eigenvalue weighted by Gasteiger charge is -2.17. The normalized spacial score (nSPS) is 11.8. The van der Waals surface area contributed by atoms with Crippen LogP contribution in [-0.4, -0.2) is 21.9 Å². The summed E-state index contributed by atoms with van der Waals surface area (Å²) in [6, 6.07) is 42.9. The zero-order valence-corrected chi connectivity index (χ0v) is 32.8. The van der Waals surface area contributed by atoms with Gasteiger partial charge in [0.2, 0.25) is 0 Å². The molecule has 0 aliphatic heterocycles. The van der Waals surface area contributed by atoms with Crippen LogP contribution in [0.4, 0.5) is 34.1 Å². The van der Waals surface area contributed by atoms with Crippen molar-refractivity contribution in [1.29, 1.82) is 0 Å². The predicted molar refractivity (Wildman–Crippen MR) is 237 cm³/mol. The first-order valence-corrected chi connectivity index (χ1v) is 19.4. The third-order valence-corrected chi connectivity index (χ3v) is 10.8. The lowest BCUT2D eigenvalue weighted by molar-refractivity contribution is 0.102. The first kappa shape index (κ1) is 38.1. The number of nitrogens with one attached hydrogen (secondary N) is 4. The summed E-state index contributed by atoms with van der Waals surface area (Å²) >= 11 is 12.5. The van der Waals surface area contributed by atoms with Crippen molar-refractivity contribution in [3.63, 3.8) is 0 Å². The van der Waals surface area contributed by atoms with Gasteiger partial charge >= 0.3 is 0 Å². The average molecular weight is 832 g/mol. The summed E-state index contributed by atoms with van der Waals surface area (Å²) in [4.78, 5) is 32.9. The highest BCUT2D eigenvalue weighted by Gasteiger charge is 2.28. The van der Waals surface area contributed by atoms with Crippen LogP contribution in [0.5, 0.6) is 11.5 Å². The van der Waals surface area contributed by atoms with Gasteiger partial charge in [-0.25, -0.2) is 0 Å². The maximum absolute atomic E-state index is 13.9. The number of fused-ring (bicyclic) bond motifs is 5. The van der Waals surface area contributed by atoms with Gasteiger partial charge in [0.25, 0.3) is 5.91 Å². The van der Waals surface area contributed by atoms with E-state index >= 15 is 0 Å². The molecular formula is C47H32Cl2N6O5. The fourth-order valence-corrected chi connectivity index (χ4v) is 7.52. The minimum Gasteiger partial charge on any atom is -0.505 e. The monoisotopic (exact) mass is 830 g/mol. The van der Waals surface area contributed by atoms with Crippen LogP contribution in [0, 0.1) is 0 Å². The van der Waals surface area contributed by atoms with Gasteiger partial charge in [0, 0.05) is 27.5 Å². The van der Waals surface area contributed by atoms with Gasteiger partial charge in [-0.05, 0) is 82.6 Å². The summed E-state index contributed by atoms with van der Waals surface area (Å²) in [6.07, 6.45) is 0. The highest BCUT2D eigenvalue weighted by atomic mass is 35.5. The molecule has 60 heavy (non-hydrogen) atoms. The Bertz CT molecular complexity index is 3060. The van der Waals surface area contributed by atoms with E-state index < -0.39 is 5.91 Å². The van der Waals surface area contributed by atoms with Gasteiger partial charge < -0.3 is 21.0 Å². The molecule has 6 N–H and O–H groups in total. The third kappa shape index (κ3) is 7.29. The number of carbonyl (C=O) groups is 2. The highest BCUT2D eigenvalue weighted by molar-refractivity contribution is 6.34. The van der Waals surface area contributed by atoms with Gasteiger partial charge in [-0.2, -0.15) is 5.11 Å². The number of ketones is 1. The number of nitrogens with zero attached hydrogens (tertiary/aromatic N) is 2. The molecule has 0 heterocycles. The van der Waals surface area contributed by atoms with Crippen molar-refractivity contribution in [2.75, 3.05) is 21.6 Å². The summed E-state index contributed by atoms with van der Waals surface area (Å²) in [5.41, 5.74) is 14.4. The zero-order chi connectivity index (χ0) is 41.3. The van der Waals surface area contributed by atoms with Crippen LogP contribution >= 0.6 is 23.2 Å². The Hall–Kier alpha value is -7.44. The standard InChI is InChI=1S/C47H32Cl2N6O5/c48-38-13-5-7-15-40(38)50-47(59)37-22-27-10-2-4-12-32(27)43(46(37)58)54-52-30-18-20-34-33-19-17-29(23-35(33)45(57)36(34)24-30)51-53-42-31-11-3-1-9-26(31)21-28(44(42)56)25-60-55-41-16-8-6-14-39(41)49/h1-24,52,54-56,58H,25H2,(H,50,59). The van der Waals surface area contributed by atoms with Gasteiger partial charge in [0.1, 0.15) is 23.7 Å². The molecule has 0 unspecified atom stereocenters. The smallest absolute Gasteiger partial charge is 0.259 e. The number of azo groups is 1. The summed E-state index contributed by atoms with van der Waals surface area (Å²) < 4.78 is 0. The number of phenols is 2. The van der Waals surface area contributed by atoms with Crippen molar-refractivity contribution in [3.05, 3.63) is 178 Å². The van der Waals surface area contributed by atoms with Crippen LogP contribution in [0.3, 0.4) is 0 Å². The molecule has 0 saturated heterocycles. The summed E-state index contributed by atoms with van der Waals surface area (Å²) in [6.45, 7) is 0.00809. The molecule has 1 amide bonds. The number of anilines is 4. The molecule has 0 fully saturated rings. The van der Waals surface area contributed by atoms with Crippen LogP contribution < -0.4 is 21.6 Å². The molecule has 0 spiro atoms. The Balaban J connectivity index is 0.944. The van der Waals surface area contributed by atoms with E-state index in [-0.39, 0.29) is 40.8 Å². The first-order valence-electron chi connectivity index (χ1n) is 18.7. The molecule has 1 aliphatic carbocycles. The summed E-state index contributed by atoms with van der Waals surface area (Å²) in [5, 5.41) is 38.2. The molecule has 8 aromatic carbocycles. The second kappa shape index (κ2) is 16.1. The Morgan fingerprint density at radius 2 is 1.25 bits per heavy atom. The maximum atomic E-state index is 13.9. The Kier molecular flexibility index (Phi) is 10.2. The van der Waals surface area contributed by atoms with E-state index in [1.165, 1.54) is 0 Å². The molecule has 0 saturated carbocycles. The highest BCUT2D eigenvalue weighted by Crippen LogP contribution is 2.43. The molecule has 13 heteroatoms. The van der Waals surface area contributed by atoms with Gasteiger partial charge in [-0.1, -0.05) is 108 Å². The fraction of sp³-hybridized carbons (Fsp3) is 0.0213. The molecule has 0 bridgehead atoms. The average Bonchev–Trinajstić information content (AvgIpc) is 3.54. The Morgan fingerprint density at radius 3 is 2.00 bits per heavy atom. The molecular weight excluding hydrogens is 799 g/mol. The number of rotatable bonds is 11. The first-order chi connectivity index (χ1) is 29.2. The SMILES string of the molecule is O=C1c2cc(N=Nc3c(O)c(CONc4ccccc4Cl)cc4ccccc34)ccc2-c2ccc(NNc3c(O)c(C(=O)Nc4ccccc4Cl)cc4ccccc34)cc21. The van der Waals surface area contributed by atoms with Crippen LogP contribution in [0.15, 0.2) is 156 Å². The molecule has 11 nitrogen and oxygen atoms in total. The quantitative estimate of drug-likeness (QED) is 0.0427. The molecule has 1 aliphatic rings. The second-order valence-corrected chi connectivity index (χ2v) is 14.7. The van der Waals surface area contributed by atoms with Crippen molar-refractivity contribution >= 4 is 90.6 Å². The lowest BCUT2D eigenvalue weighted by Crippen LogP contribution is -2.15. The number of carbonyl (C=O) groups excluding carboxylic acids is 2. The number of hydrogen-bond donors (Lipinski definition) is 6. The van der Waals surface area contributed by atoms with E-state index in [9.17, 15) is 19.8 Å². The fourth-order valence-electron chi connectivity index (χ4n) is 7.16. The predicted octanol–water partition coefficient (Wildman–Crippen LogP) is 12.6. The number of hydrazine groups is 1. The van der Waals surface area contributed by atoms with E-state index in [1.807, 2.05) is 84.9 Å². The minimum absolute atomic E-state index is 0.00809. The Labute approximate surface area is 352 Å². The molecule has 0 radical (unpaired) electrons. The van der Waals surface area contributed by atoms with Crippen molar-refractivity contribution < 1.29 is 24.6 Å². The number of aromatic hydroxyl groups is 2. The molecule has 9 rings (SSSR count). The Morgan fingerprint density at radius 1 is 0.617 bits per heavy atom. The topological polar surface area (TPSA) is 157 Å². The van der Waals surface area contributed by atoms with E-state index in [1.54, 1.807) is 60.7 Å². The zero-order valence-electron chi connectivity index (χ0n) is 31.3. The van der Waals surface area contributed by atoms with Gasteiger partial charge in [-0.15, -0.1) is 5.11 Å². The number of halogens is 2. The van der Waals surface area contributed by atoms with E-state index in [0.717, 1.165) is 16.5 Å². The van der Waals surface area contributed by atoms with E-state index in [4.69, 9.17) is 28.0 Å². The molecule has 294 valence electrons. The maximum Gasteiger partial charge on any atom is 0.259 e. The van der Waals surface area contributed by atoms with Crippen molar-refractivity contribution in [2.24, 2.45) is 10.2 Å². The van der Waals surface area contributed by atoms with Crippen LogP contribution in [-0.2, 0) is 11.4 Å². The van der Waals surface area contributed by atoms with Crippen molar-refractivity contribution in [2.45, 2.75) is 6.61 Å². The number of amides is 1. The van der Waals surface area contributed by atoms with Gasteiger partial charge in [0.15, 0.2) is 11.5 Å². The molecule has 0 atom stereocenters. The number of para-hydroxylation sites is 2. The lowest BCUT2D eigenvalue weighted by atomic mass is 10.0. The van der Waals surface area contributed by atoms with Crippen LogP contribution in [0.25, 0.3) is 32.7 Å². The number of hydrogen-bond acceptors (Lipinski definition) is 10. The van der Waals surface area contributed by atoms with Crippen LogP contribution in [0.2, 0.25) is 10.0 Å². The van der Waals surface area contributed by atoms with Crippen LogP contribution in [0.1, 0.15) is 31.8 Å². The summed E-state index contributed by atoms with van der Waals surface area (Å²) in [7, 11) is 0. The number of benzene rings is 8. The van der Waals surface area contributed by atoms with Gasteiger partial charge in [-0.3, -0.25) is 25.3 Å². The van der Waals surface area contributed by atoms with E-state index in [2.05, 4.69) is 31.9 Å². The second-order valence-electron chi connectivity index (χ2n) is 13.9.